The fourth-order valence-corrected chi connectivity index (χ4v) is 4.09. The summed E-state index contributed by atoms with van der Waals surface area (Å²) in [6.45, 7) is 1.12. The first kappa shape index (κ1) is 20.0. The van der Waals surface area contributed by atoms with Gasteiger partial charge < -0.3 is 19.1 Å². The Morgan fingerprint density at radius 2 is 1.80 bits per heavy atom. The van der Waals surface area contributed by atoms with Crippen molar-refractivity contribution in [2.75, 3.05) is 27.3 Å². The number of likely N-dealkylation sites (tertiary alicyclic amines) is 1. The molecular weight excluding hydrogens is 382 g/mol. The predicted molar refractivity (Wildman–Crippen MR) is 113 cm³/mol. The third-order valence-corrected chi connectivity index (χ3v) is 5.81. The number of benzene rings is 2. The molecule has 1 saturated heterocycles. The molecule has 0 radical (unpaired) electrons. The molecule has 2 aliphatic rings. The van der Waals surface area contributed by atoms with Gasteiger partial charge in [-0.25, -0.2) is 0 Å². The summed E-state index contributed by atoms with van der Waals surface area (Å²) in [5.41, 5.74) is 1.00. The molecule has 0 unspecified atom stereocenters. The second-order valence-electron chi connectivity index (χ2n) is 7.65. The maximum absolute atomic E-state index is 12.7. The molecule has 30 heavy (non-hydrogen) atoms. The van der Waals surface area contributed by atoms with Crippen LogP contribution < -0.4 is 14.2 Å². The van der Waals surface area contributed by atoms with Crippen LogP contribution in [0.4, 0.5) is 0 Å². The van der Waals surface area contributed by atoms with Crippen molar-refractivity contribution in [3.8, 4) is 17.2 Å². The van der Waals surface area contributed by atoms with E-state index in [-0.39, 0.29) is 11.7 Å². The van der Waals surface area contributed by atoms with Gasteiger partial charge in [0, 0.05) is 32.0 Å². The molecule has 2 heterocycles. The van der Waals surface area contributed by atoms with Crippen molar-refractivity contribution in [1.82, 2.24) is 4.90 Å². The predicted octanol–water partition coefficient (Wildman–Crippen LogP) is 3.74. The molecule has 2 aliphatic heterocycles. The lowest BCUT2D eigenvalue weighted by Crippen LogP contribution is -2.52. The minimum atomic E-state index is -0.505. The molecular formula is C24H25NO5. The Morgan fingerprint density at radius 1 is 1.07 bits per heavy atom. The third-order valence-electron chi connectivity index (χ3n) is 5.81. The topological polar surface area (TPSA) is 65.1 Å². The van der Waals surface area contributed by atoms with E-state index in [1.165, 1.54) is 0 Å². The number of ketones is 1. The molecule has 6 nitrogen and oxygen atoms in total. The maximum atomic E-state index is 12.7. The minimum absolute atomic E-state index is 0.0535. The van der Waals surface area contributed by atoms with E-state index in [9.17, 15) is 9.59 Å². The van der Waals surface area contributed by atoms with Crippen molar-refractivity contribution in [1.29, 1.82) is 0 Å². The minimum Gasteiger partial charge on any atom is -0.493 e. The van der Waals surface area contributed by atoms with Gasteiger partial charge in [0.25, 0.3) is 0 Å². The van der Waals surface area contributed by atoms with Crippen molar-refractivity contribution < 1.29 is 23.8 Å². The molecule has 2 aromatic rings. The van der Waals surface area contributed by atoms with E-state index in [2.05, 4.69) is 0 Å². The number of hydrogen-bond donors (Lipinski definition) is 0. The second-order valence-corrected chi connectivity index (χ2v) is 7.65. The number of methoxy groups -OCH3 is 2. The van der Waals surface area contributed by atoms with Crippen LogP contribution >= 0.6 is 0 Å². The summed E-state index contributed by atoms with van der Waals surface area (Å²) in [6, 6.07) is 12.9. The monoisotopic (exact) mass is 407 g/mol. The van der Waals surface area contributed by atoms with Crippen LogP contribution in [0.25, 0.3) is 6.08 Å². The van der Waals surface area contributed by atoms with Crippen molar-refractivity contribution in [3.05, 3.63) is 59.7 Å². The molecule has 0 bridgehead atoms. The number of Topliss-reactive ketones (excluding diaryl/α,β-unsaturated/α-hetero) is 1. The molecule has 1 fully saturated rings. The van der Waals surface area contributed by atoms with Gasteiger partial charge in [0.05, 0.1) is 26.2 Å². The largest absolute Gasteiger partial charge is 0.493 e. The van der Waals surface area contributed by atoms with Crippen LogP contribution in [0.2, 0.25) is 0 Å². The van der Waals surface area contributed by atoms with E-state index in [1.54, 1.807) is 31.3 Å². The Morgan fingerprint density at radius 3 is 2.53 bits per heavy atom. The highest BCUT2D eigenvalue weighted by Crippen LogP contribution is 2.39. The van der Waals surface area contributed by atoms with E-state index in [4.69, 9.17) is 14.2 Å². The Bertz CT molecular complexity index is 989. The van der Waals surface area contributed by atoms with Gasteiger partial charge in [-0.1, -0.05) is 18.2 Å². The standard InChI is InChI=1S/C24H25NO5/c1-28-21-9-7-17(15-22(21)29-2)8-10-23(27)25-13-11-24(12-14-25)16-19(26)18-5-3-4-6-20(18)30-24/h3-10,15H,11-14,16H2,1-2H3/b10-8-. The molecule has 1 amide bonds. The molecule has 4 rings (SSSR count). The van der Waals surface area contributed by atoms with Gasteiger partial charge in [0.1, 0.15) is 11.4 Å². The fraction of sp³-hybridized carbons (Fsp3) is 0.333. The fourth-order valence-electron chi connectivity index (χ4n) is 4.09. The number of fused-ring (bicyclic) bond motifs is 1. The second kappa shape index (κ2) is 8.22. The van der Waals surface area contributed by atoms with E-state index >= 15 is 0 Å². The average Bonchev–Trinajstić information content (AvgIpc) is 2.77. The van der Waals surface area contributed by atoms with Gasteiger partial charge in [-0.2, -0.15) is 0 Å². The van der Waals surface area contributed by atoms with Crippen LogP contribution in [0.15, 0.2) is 48.5 Å². The van der Waals surface area contributed by atoms with E-state index in [1.807, 2.05) is 42.5 Å². The zero-order valence-electron chi connectivity index (χ0n) is 17.2. The number of hydrogen-bond acceptors (Lipinski definition) is 5. The molecule has 0 saturated carbocycles. The van der Waals surface area contributed by atoms with Crippen LogP contribution in [0, 0.1) is 0 Å². The maximum Gasteiger partial charge on any atom is 0.246 e. The SMILES string of the molecule is COc1ccc(/C=C\C(=O)N2CCC3(CC2)CC(=O)c2ccccc2O3)cc1OC. The highest BCUT2D eigenvalue weighted by molar-refractivity contribution is 6.00. The number of ether oxygens (including phenoxy) is 3. The Labute approximate surface area is 176 Å². The zero-order chi connectivity index (χ0) is 21.1. The summed E-state index contributed by atoms with van der Waals surface area (Å²) in [6.07, 6.45) is 4.99. The smallest absolute Gasteiger partial charge is 0.246 e. The van der Waals surface area contributed by atoms with Crippen LogP contribution in [0.5, 0.6) is 17.2 Å². The molecule has 0 N–H and O–H groups in total. The van der Waals surface area contributed by atoms with Gasteiger partial charge in [0.2, 0.25) is 5.91 Å². The summed E-state index contributed by atoms with van der Waals surface area (Å²) >= 11 is 0. The lowest BCUT2D eigenvalue weighted by molar-refractivity contribution is -0.129. The molecule has 1 spiro atoms. The van der Waals surface area contributed by atoms with Gasteiger partial charge in [-0.05, 0) is 35.9 Å². The van der Waals surface area contributed by atoms with E-state index in [0.717, 1.165) is 5.56 Å². The van der Waals surface area contributed by atoms with E-state index in [0.29, 0.717) is 55.2 Å². The number of piperidine rings is 1. The first-order chi connectivity index (χ1) is 14.5. The van der Waals surface area contributed by atoms with Gasteiger partial charge in [-0.3, -0.25) is 9.59 Å². The van der Waals surface area contributed by atoms with Gasteiger partial charge >= 0.3 is 0 Å². The third kappa shape index (κ3) is 3.90. The van der Waals surface area contributed by atoms with Gasteiger partial charge in [0.15, 0.2) is 17.3 Å². The van der Waals surface area contributed by atoms with E-state index < -0.39 is 5.60 Å². The quantitative estimate of drug-likeness (QED) is 0.723. The lowest BCUT2D eigenvalue weighted by atomic mass is 9.82. The van der Waals surface area contributed by atoms with Crippen LogP contribution in [0.1, 0.15) is 35.2 Å². The van der Waals surface area contributed by atoms with Crippen molar-refractivity contribution in [2.45, 2.75) is 24.9 Å². The number of carbonyl (C=O) groups is 2. The number of para-hydroxylation sites is 1. The van der Waals surface area contributed by atoms with Crippen molar-refractivity contribution in [3.63, 3.8) is 0 Å². The zero-order valence-corrected chi connectivity index (χ0v) is 17.2. The van der Waals surface area contributed by atoms with Crippen LogP contribution in [0.3, 0.4) is 0 Å². The summed E-state index contributed by atoms with van der Waals surface area (Å²) in [4.78, 5) is 27.0. The van der Waals surface area contributed by atoms with Crippen molar-refractivity contribution >= 4 is 17.8 Å². The summed E-state index contributed by atoms with van der Waals surface area (Å²) in [5.74, 6) is 1.98. The molecule has 0 atom stereocenters. The summed E-state index contributed by atoms with van der Waals surface area (Å²) < 4.78 is 16.8. The van der Waals surface area contributed by atoms with Gasteiger partial charge in [-0.15, -0.1) is 0 Å². The molecule has 2 aromatic carbocycles. The number of amides is 1. The number of rotatable bonds is 4. The summed E-state index contributed by atoms with van der Waals surface area (Å²) in [5, 5.41) is 0. The van der Waals surface area contributed by atoms with Crippen LogP contribution in [-0.4, -0.2) is 49.5 Å². The number of nitrogens with zero attached hydrogens (tertiary/aromatic N) is 1. The Hall–Kier alpha value is -3.28. The molecule has 156 valence electrons. The first-order valence-corrected chi connectivity index (χ1v) is 10.0. The highest BCUT2D eigenvalue weighted by Gasteiger charge is 2.43. The highest BCUT2D eigenvalue weighted by atomic mass is 16.5. The first-order valence-electron chi connectivity index (χ1n) is 10.0. The Balaban J connectivity index is 1.39. The molecule has 6 heteroatoms. The molecule has 0 aliphatic carbocycles. The lowest BCUT2D eigenvalue weighted by Gasteiger charge is -2.43. The normalized spacial score (nSPS) is 17.5. The Kier molecular flexibility index (Phi) is 5.48. The average molecular weight is 407 g/mol. The van der Waals surface area contributed by atoms with Crippen molar-refractivity contribution in [2.24, 2.45) is 0 Å². The number of carbonyl (C=O) groups excluding carboxylic acids is 2. The van der Waals surface area contributed by atoms with Crippen LogP contribution in [-0.2, 0) is 4.79 Å². The molecule has 0 aromatic heterocycles. The summed E-state index contributed by atoms with van der Waals surface area (Å²) in [7, 11) is 3.17.